The summed E-state index contributed by atoms with van der Waals surface area (Å²) in [5.74, 6) is 0.664. The monoisotopic (exact) mass is 445 g/mol. The highest BCUT2D eigenvalue weighted by Crippen LogP contribution is 2.33. The Balaban J connectivity index is 1.33. The molecule has 2 aliphatic heterocycles. The normalized spacial score (nSPS) is 23.0. The molecule has 0 N–H and O–H groups in total. The van der Waals surface area contributed by atoms with Crippen LogP contribution in [0.5, 0.6) is 0 Å². The summed E-state index contributed by atoms with van der Waals surface area (Å²) in [7, 11) is 0. The molecule has 6 heteroatoms. The van der Waals surface area contributed by atoms with Crippen LogP contribution >= 0.6 is 11.6 Å². The average molecular weight is 446 g/mol. The summed E-state index contributed by atoms with van der Waals surface area (Å²) < 4.78 is 0. The highest BCUT2D eigenvalue weighted by Gasteiger charge is 2.36. The van der Waals surface area contributed by atoms with Crippen LogP contribution in [0.1, 0.15) is 63.9 Å². The molecule has 1 aromatic carbocycles. The third-order valence-electron chi connectivity index (χ3n) is 7.33. The maximum Gasteiger partial charge on any atom is 0.226 e. The number of nitrogens with zero attached hydrogens (tertiary/aromatic N) is 3. The van der Waals surface area contributed by atoms with Crippen molar-refractivity contribution in [2.75, 3.05) is 37.6 Å². The van der Waals surface area contributed by atoms with Gasteiger partial charge < -0.3 is 14.7 Å². The number of likely N-dealkylation sites (tertiary alicyclic amines) is 1. The molecular weight excluding hydrogens is 410 g/mol. The maximum absolute atomic E-state index is 13.0. The van der Waals surface area contributed by atoms with E-state index in [0.29, 0.717) is 18.4 Å². The first-order chi connectivity index (χ1) is 15.1. The van der Waals surface area contributed by atoms with E-state index >= 15 is 0 Å². The zero-order valence-corrected chi connectivity index (χ0v) is 19.6. The Hall–Kier alpha value is -1.75. The van der Waals surface area contributed by atoms with Gasteiger partial charge in [-0.3, -0.25) is 9.59 Å². The Morgan fingerprint density at radius 3 is 2.45 bits per heavy atom. The molecule has 2 amide bonds. The van der Waals surface area contributed by atoms with E-state index in [0.717, 1.165) is 68.3 Å². The summed E-state index contributed by atoms with van der Waals surface area (Å²) in [5.41, 5.74) is 2.18. The Kier molecular flexibility index (Phi) is 7.42. The minimum atomic E-state index is 0.0680. The molecule has 4 rings (SSSR count). The highest BCUT2D eigenvalue weighted by atomic mass is 35.5. The number of benzene rings is 1. The van der Waals surface area contributed by atoms with Gasteiger partial charge in [0.15, 0.2) is 0 Å². The van der Waals surface area contributed by atoms with Crippen molar-refractivity contribution in [3.8, 4) is 0 Å². The van der Waals surface area contributed by atoms with Crippen molar-refractivity contribution in [1.29, 1.82) is 0 Å². The lowest BCUT2D eigenvalue weighted by molar-refractivity contribution is -0.133. The lowest BCUT2D eigenvalue weighted by Crippen LogP contribution is -2.48. The molecule has 0 aromatic heterocycles. The van der Waals surface area contributed by atoms with Gasteiger partial charge in [-0.1, -0.05) is 43.9 Å². The number of amides is 2. The predicted molar refractivity (Wildman–Crippen MR) is 126 cm³/mol. The van der Waals surface area contributed by atoms with Crippen molar-refractivity contribution in [2.45, 2.75) is 70.8 Å². The minimum Gasteiger partial charge on any atom is -0.368 e. The number of piperazine rings is 1. The number of carbonyl (C=O) groups excluding carboxylic acids is 2. The molecule has 2 saturated heterocycles. The maximum atomic E-state index is 13.0. The third-order valence-corrected chi connectivity index (χ3v) is 7.68. The van der Waals surface area contributed by atoms with E-state index < -0.39 is 0 Å². The van der Waals surface area contributed by atoms with Crippen molar-refractivity contribution >= 4 is 29.1 Å². The van der Waals surface area contributed by atoms with Crippen molar-refractivity contribution in [2.24, 2.45) is 5.92 Å². The third kappa shape index (κ3) is 5.19. The summed E-state index contributed by atoms with van der Waals surface area (Å²) in [6.07, 6.45) is 9.39. The molecule has 1 atom stereocenters. The first-order valence-electron chi connectivity index (χ1n) is 12.2. The van der Waals surface area contributed by atoms with E-state index in [2.05, 4.69) is 21.9 Å². The van der Waals surface area contributed by atoms with Gasteiger partial charge >= 0.3 is 0 Å². The molecular formula is C25H36ClN3O2. The number of anilines is 1. The number of hydrogen-bond acceptors (Lipinski definition) is 3. The van der Waals surface area contributed by atoms with Gasteiger partial charge in [-0.25, -0.2) is 0 Å². The summed E-state index contributed by atoms with van der Waals surface area (Å²) in [4.78, 5) is 31.6. The first-order valence-corrected chi connectivity index (χ1v) is 12.6. The minimum absolute atomic E-state index is 0.0680. The number of hydrogen-bond donors (Lipinski definition) is 0. The number of carbonyl (C=O) groups is 2. The highest BCUT2D eigenvalue weighted by molar-refractivity contribution is 6.31. The van der Waals surface area contributed by atoms with E-state index in [-0.39, 0.29) is 11.8 Å². The fourth-order valence-corrected chi connectivity index (χ4v) is 5.71. The van der Waals surface area contributed by atoms with E-state index in [1.165, 1.54) is 32.1 Å². The van der Waals surface area contributed by atoms with Crippen LogP contribution in [0.4, 0.5) is 5.69 Å². The smallest absolute Gasteiger partial charge is 0.226 e. The molecule has 2 heterocycles. The molecule has 31 heavy (non-hydrogen) atoms. The Bertz CT molecular complexity index is 785. The molecule has 3 fully saturated rings. The van der Waals surface area contributed by atoms with Gasteiger partial charge in [-0.05, 0) is 49.8 Å². The Morgan fingerprint density at radius 2 is 1.77 bits per heavy atom. The predicted octanol–water partition coefficient (Wildman–Crippen LogP) is 4.51. The second-order valence-electron chi connectivity index (χ2n) is 9.41. The zero-order chi connectivity index (χ0) is 21.8. The van der Waals surface area contributed by atoms with Gasteiger partial charge in [0.25, 0.3) is 0 Å². The largest absolute Gasteiger partial charge is 0.368 e. The topological polar surface area (TPSA) is 43.9 Å². The molecule has 3 aliphatic rings. The van der Waals surface area contributed by atoms with Crippen molar-refractivity contribution in [1.82, 2.24) is 9.80 Å². The molecule has 1 aliphatic carbocycles. The summed E-state index contributed by atoms with van der Waals surface area (Å²) in [6.45, 7) is 6.16. The van der Waals surface area contributed by atoms with E-state index in [1.807, 2.05) is 17.9 Å². The number of halogens is 1. The standard InChI is InChI=1S/C25H36ClN3O2/c1-2-6-24(30)28-15-13-27(14-16-28)22-10-9-19(23(26)18-22)17-20-11-12-29(25(20)31)21-7-4-3-5-8-21/h9-10,18,20-21H,2-8,11-17H2,1H3. The van der Waals surface area contributed by atoms with Crippen LogP contribution < -0.4 is 4.90 Å². The van der Waals surface area contributed by atoms with Gasteiger partial charge in [-0.15, -0.1) is 0 Å². The fraction of sp³-hybridized carbons (Fsp3) is 0.680. The van der Waals surface area contributed by atoms with E-state index in [9.17, 15) is 9.59 Å². The van der Waals surface area contributed by atoms with Crippen LogP contribution in [0, 0.1) is 5.92 Å². The van der Waals surface area contributed by atoms with Gasteiger partial charge in [0, 0.05) is 61.8 Å². The summed E-state index contributed by atoms with van der Waals surface area (Å²) in [5, 5.41) is 0.755. The van der Waals surface area contributed by atoms with Crippen LogP contribution in [-0.2, 0) is 16.0 Å². The summed E-state index contributed by atoms with van der Waals surface area (Å²) >= 11 is 6.66. The quantitative estimate of drug-likeness (QED) is 0.646. The van der Waals surface area contributed by atoms with Crippen LogP contribution in [0.2, 0.25) is 5.02 Å². The first kappa shape index (κ1) is 22.4. The van der Waals surface area contributed by atoms with E-state index in [4.69, 9.17) is 11.6 Å². The Morgan fingerprint density at radius 1 is 1.03 bits per heavy atom. The molecule has 1 aromatic rings. The van der Waals surface area contributed by atoms with Crippen LogP contribution in [0.25, 0.3) is 0 Å². The molecule has 1 saturated carbocycles. The van der Waals surface area contributed by atoms with E-state index in [1.54, 1.807) is 0 Å². The van der Waals surface area contributed by atoms with Crippen molar-refractivity contribution < 1.29 is 9.59 Å². The molecule has 5 nitrogen and oxygen atoms in total. The van der Waals surface area contributed by atoms with Gasteiger partial charge in [-0.2, -0.15) is 0 Å². The lowest BCUT2D eigenvalue weighted by atomic mass is 9.94. The molecule has 0 bridgehead atoms. The number of rotatable bonds is 6. The second-order valence-corrected chi connectivity index (χ2v) is 9.81. The van der Waals surface area contributed by atoms with Gasteiger partial charge in [0.2, 0.25) is 11.8 Å². The van der Waals surface area contributed by atoms with Crippen molar-refractivity contribution in [3.05, 3.63) is 28.8 Å². The van der Waals surface area contributed by atoms with Gasteiger partial charge in [0.1, 0.15) is 0 Å². The molecule has 1 unspecified atom stereocenters. The second kappa shape index (κ2) is 10.2. The average Bonchev–Trinajstić information content (AvgIpc) is 3.16. The van der Waals surface area contributed by atoms with Crippen molar-refractivity contribution in [3.63, 3.8) is 0 Å². The molecule has 0 spiro atoms. The van der Waals surface area contributed by atoms with Gasteiger partial charge in [0.05, 0.1) is 0 Å². The van der Waals surface area contributed by atoms with Crippen LogP contribution in [0.3, 0.4) is 0 Å². The molecule has 170 valence electrons. The lowest BCUT2D eigenvalue weighted by Gasteiger charge is -2.36. The van der Waals surface area contributed by atoms with Crippen LogP contribution in [-0.4, -0.2) is 60.4 Å². The summed E-state index contributed by atoms with van der Waals surface area (Å²) in [6, 6.07) is 6.73. The SMILES string of the molecule is CCCC(=O)N1CCN(c2ccc(CC3CCN(C4CCCCC4)C3=O)c(Cl)c2)CC1. The Labute approximate surface area is 191 Å². The molecule has 0 radical (unpaired) electrons. The van der Waals surface area contributed by atoms with Crippen LogP contribution in [0.15, 0.2) is 18.2 Å². The fourth-order valence-electron chi connectivity index (χ4n) is 5.46. The zero-order valence-electron chi connectivity index (χ0n) is 18.8.